The van der Waals surface area contributed by atoms with Gasteiger partial charge in [0.2, 0.25) is 0 Å². The van der Waals surface area contributed by atoms with Crippen LogP contribution in [0.25, 0.3) is 11.3 Å². The van der Waals surface area contributed by atoms with Crippen molar-refractivity contribution in [1.29, 1.82) is 0 Å². The lowest BCUT2D eigenvalue weighted by Gasteiger charge is -2.19. The Balaban J connectivity index is 1.50. The number of hydrogen-bond acceptors (Lipinski definition) is 6. The number of methoxy groups -OCH3 is 1. The fraction of sp³-hybridized carbons (Fsp3) is 0.261. The van der Waals surface area contributed by atoms with E-state index < -0.39 is 11.7 Å². The largest absolute Gasteiger partial charge is 0.494 e. The molecule has 3 aromatic rings. The molecule has 0 bridgehead atoms. The first-order chi connectivity index (χ1) is 15.2. The molecule has 0 aliphatic heterocycles. The maximum absolute atomic E-state index is 13.9. The zero-order valence-corrected chi connectivity index (χ0v) is 19.8. The van der Waals surface area contributed by atoms with Crippen molar-refractivity contribution in [3.63, 3.8) is 0 Å². The van der Waals surface area contributed by atoms with Gasteiger partial charge < -0.3 is 14.8 Å². The van der Waals surface area contributed by atoms with Crippen LogP contribution in [0.3, 0.4) is 0 Å². The Morgan fingerprint density at radius 3 is 2.53 bits per heavy atom. The van der Waals surface area contributed by atoms with Gasteiger partial charge in [-0.1, -0.05) is 32.9 Å². The van der Waals surface area contributed by atoms with Crippen LogP contribution in [0.1, 0.15) is 26.3 Å². The van der Waals surface area contributed by atoms with Gasteiger partial charge in [0.25, 0.3) is 5.91 Å². The first-order valence-electron chi connectivity index (χ1n) is 9.79. The second-order valence-electron chi connectivity index (χ2n) is 7.95. The smallest absolute Gasteiger partial charge is 0.264 e. The number of amides is 1. The van der Waals surface area contributed by atoms with Gasteiger partial charge in [-0.05, 0) is 53.5 Å². The first kappa shape index (κ1) is 23.6. The van der Waals surface area contributed by atoms with E-state index in [1.165, 1.54) is 30.1 Å². The lowest BCUT2D eigenvalue weighted by atomic mass is 9.87. The molecule has 0 saturated heterocycles. The standard InChI is InChI=1S/C23H24FN3O3S2/c1-23(2,3)15-6-8-16(9-7-15)30-12-20(28)26-21(31)27-22-25-18(13-32-22)14-5-10-19(29-4)17(24)11-14/h5-11,13H,12H2,1-4H3,(H2,25,26,27,28,31). The molecule has 0 radical (unpaired) electrons. The lowest BCUT2D eigenvalue weighted by Crippen LogP contribution is -2.37. The number of halogens is 1. The van der Waals surface area contributed by atoms with Gasteiger partial charge in [-0.15, -0.1) is 11.3 Å². The molecule has 1 amide bonds. The molecule has 0 saturated carbocycles. The number of rotatable bonds is 6. The zero-order valence-electron chi connectivity index (χ0n) is 18.2. The summed E-state index contributed by atoms with van der Waals surface area (Å²) in [6.45, 7) is 6.21. The van der Waals surface area contributed by atoms with Crippen LogP contribution in [0.5, 0.6) is 11.5 Å². The number of aromatic nitrogens is 1. The second kappa shape index (κ2) is 10.1. The Kier molecular flexibility index (Phi) is 7.42. The van der Waals surface area contributed by atoms with Crippen LogP contribution in [-0.2, 0) is 10.2 Å². The third-order valence-electron chi connectivity index (χ3n) is 4.52. The normalized spacial score (nSPS) is 11.0. The second-order valence-corrected chi connectivity index (χ2v) is 9.22. The van der Waals surface area contributed by atoms with Crippen LogP contribution in [0.15, 0.2) is 47.8 Å². The number of thiazole rings is 1. The highest BCUT2D eigenvalue weighted by Gasteiger charge is 2.14. The minimum absolute atomic E-state index is 0.0466. The van der Waals surface area contributed by atoms with Gasteiger partial charge >= 0.3 is 0 Å². The van der Waals surface area contributed by atoms with E-state index >= 15 is 0 Å². The molecule has 0 fully saturated rings. The molecule has 32 heavy (non-hydrogen) atoms. The zero-order chi connectivity index (χ0) is 23.3. The number of carbonyl (C=O) groups is 1. The molecule has 2 N–H and O–H groups in total. The third kappa shape index (κ3) is 6.24. The molecule has 168 valence electrons. The highest BCUT2D eigenvalue weighted by atomic mass is 32.1. The van der Waals surface area contributed by atoms with Crippen molar-refractivity contribution < 1.29 is 18.7 Å². The number of carbonyl (C=O) groups excluding carboxylic acids is 1. The van der Waals surface area contributed by atoms with Crippen LogP contribution in [0.2, 0.25) is 0 Å². The lowest BCUT2D eigenvalue weighted by molar-refractivity contribution is -0.121. The molecule has 0 atom stereocenters. The van der Waals surface area contributed by atoms with Crippen LogP contribution < -0.4 is 20.1 Å². The summed E-state index contributed by atoms with van der Waals surface area (Å²) in [5, 5.41) is 7.74. The minimum Gasteiger partial charge on any atom is -0.494 e. The average Bonchev–Trinajstić information content (AvgIpc) is 3.20. The van der Waals surface area contributed by atoms with E-state index in [9.17, 15) is 9.18 Å². The van der Waals surface area contributed by atoms with Crippen molar-refractivity contribution in [2.45, 2.75) is 26.2 Å². The van der Waals surface area contributed by atoms with Crippen molar-refractivity contribution >= 4 is 39.7 Å². The predicted octanol–water partition coefficient (Wildman–Crippen LogP) is 5.15. The molecule has 0 aliphatic rings. The molecule has 0 aliphatic carbocycles. The number of hydrogen-bond donors (Lipinski definition) is 2. The molecule has 1 heterocycles. The Labute approximate surface area is 195 Å². The molecule has 1 aromatic heterocycles. The monoisotopic (exact) mass is 473 g/mol. The summed E-state index contributed by atoms with van der Waals surface area (Å²) in [5.41, 5.74) is 2.41. The van der Waals surface area contributed by atoms with Gasteiger partial charge in [0.15, 0.2) is 28.4 Å². The minimum atomic E-state index is -0.469. The van der Waals surface area contributed by atoms with E-state index in [2.05, 4.69) is 36.4 Å². The molecule has 0 unspecified atom stereocenters. The Bertz CT molecular complexity index is 1110. The Morgan fingerprint density at radius 2 is 1.91 bits per heavy atom. The number of benzene rings is 2. The van der Waals surface area contributed by atoms with Gasteiger partial charge in [0.05, 0.1) is 12.8 Å². The molecular weight excluding hydrogens is 449 g/mol. The Morgan fingerprint density at radius 1 is 1.19 bits per heavy atom. The van der Waals surface area contributed by atoms with Crippen molar-refractivity contribution in [1.82, 2.24) is 10.3 Å². The maximum Gasteiger partial charge on any atom is 0.264 e. The first-order valence-corrected chi connectivity index (χ1v) is 11.1. The van der Waals surface area contributed by atoms with E-state index in [1.54, 1.807) is 17.5 Å². The maximum atomic E-state index is 13.9. The van der Waals surface area contributed by atoms with Crippen LogP contribution in [0.4, 0.5) is 9.52 Å². The molecule has 0 spiro atoms. The number of nitrogens with zero attached hydrogens (tertiary/aromatic N) is 1. The van der Waals surface area contributed by atoms with Gasteiger partial charge in [-0.3, -0.25) is 10.1 Å². The van der Waals surface area contributed by atoms with E-state index in [4.69, 9.17) is 21.7 Å². The summed E-state index contributed by atoms with van der Waals surface area (Å²) in [5.74, 6) is -0.0957. The molecular formula is C23H24FN3O3S2. The van der Waals surface area contributed by atoms with Gasteiger partial charge in [-0.25, -0.2) is 9.37 Å². The van der Waals surface area contributed by atoms with Crippen LogP contribution in [-0.4, -0.2) is 29.7 Å². The summed E-state index contributed by atoms with van der Waals surface area (Å²) >= 11 is 6.46. The van der Waals surface area contributed by atoms with E-state index in [0.29, 0.717) is 22.1 Å². The van der Waals surface area contributed by atoms with Crippen LogP contribution >= 0.6 is 23.6 Å². The number of nitrogens with one attached hydrogen (secondary N) is 2. The van der Waals surface area contributed by atoms with Crippen molar-refractivity contribution in [3.05, 3.63) is 59.2 Å². The summed E-state index contributed by atoms with van der Waals surface area (Å²) in [6, 6.07) is 12.2. The summed E-state index contributed by atoms with van der Waals surface area (Å²) in [7, 11) is 1.41. The SMILES string of the molecule is COc1ccc(-c2csc(NC(=S)NC(=O)COc3ccc(C(C)(C)C)cc3)n2)cc1F. The molecule has 3 rings (SSSR count). The average molecular weight is 474 g/mol. The highest BCUT2D eigenvalue weighted by molar-refractivity contribution is 7.80. The quantitative estimate of drug-likeness (QED) is 0.483. The van der Waals surface area contributed by atoms with Crippen molar-refractivity contribution in [2.75, 3.05) is 19.0 Å². The predicted molar refractivity (Wildman–Crippen MR) is 129 cm³/mol. The molecule has 6 nitrogen and oxygen atoms in total. The molecule has 9 heteroatoms. The van der Waals surface area contributed by atoms with Crippen molar-refractivity contribution in [2.24, 2.45) is 0 Å². The van der Waals surface area contributed by atoms with E-state index in [1.807, 2.05) is 24.3 Å². The summed E-state index contributed by atoms with van der Waals surface area (Å²) in [4.78, 5) is 16.5. The Hall–Kier alpha value is -3.04. The number of thiocarbonyl (C=S) groups is 1. The fourth-order valence-electron chi connectivity index (χ4n) is 2.78. The van der Waals surface area contributed by atoms with Gasteiger partial charge in [0.1, 0.15) is 5.75 Å². The fourth-order valence-corrected chi connectivity index (χ4v) is 3.78. The topological polar surface area (TPSA) is 72.5 Å². The number of ether oxygens (including phenoxy) is 2. The third-order valence-corrected chi connectivity index (χ3v) is 5.48. The van der Waals surface area contributed by atoms with Crippen LogP contribution in [0, 0.1) is 5.82 Å². The summed E-state index contributed by atoms with van der Waals surface area (Å²) in [6.07, 6.45) is 0. The van der Waals surface area contributed by atoms with Crippen molar-refractivity contribution in [3.8, 4) is 22.8 Å². The van der Waals surface area contributed by atoms with E-state index in [0.717, 1.165) is 0 Å². The summed E-state index contributed by atoms with van der Waals surface area (Å²) < 4.78 is 24.4. The van der Waals surface area contributed by atoms with Gasteiger partial charge in [0, 0.05) is 10.9 Å². The van der Waals surface area contributed by atoms with E-state index in [-0.39, 0.29) is 22.9 Å². The number of anilines is 1. The molecule has 2 aromatic carbocycles. The van der Waals surface area contributed by atoms with Gasteiger partial charge in [-0.2, -0.15) is 0 Å². The highest BCUT2D eigenvalue weighted by Crippen LogP contribution is 2.28.